The summed E-state index contributed by atoms with van der Waals surface area (Å²) in [5.41, 5.74) is 0.659. The summed E-state index contributed by atoms with van der Waals surface area (Å²) >= 11 is 0. The van der Waals surface area contributed by atoms with E-state index in [1.54, 1.807) is 12.1 Å². The molecule has 0 saturated carbocycles. The Morgan fingerprint density at radius 3 is 2.31 bits per heavy atom. The summed E-state index contributed by atoms with van der Waals surface area (Å²) in [6.07, 6.45) is 1.60. The molecule has 6 nitrogen and oxygen atoms in total. The van der Waals surface area contributed by atoms with Crippen molar-refractivity contribution in [2.45, 2.75) is 12.5 Å². The van der Waals surface area contributed by atoms with Crippen molar-refractivity contribution >= 4 is 14.0 Å². The highest BCUT2D eigenvalue weighted by Crippen LogP contribution is 2.29. The van der Waals surface area contributed by atoms with Gasteiger partial charge >= 0.3 is 7.75 Å². The zero-order valence-corrected chi connectivity index (χ0v) is 9.09. The molecule has 7 heteroatoms. The van der Waals surface area contributed by atoms with Crippen LogP contribution in [0.15, 0.2) is 24.3 Å². The van der Waals surface area contributed by atoms with Gasteiger partial charge in [-0.2, -0.15) is 0 Å². The summed E-state index contributed by atoms with van der Waals surface area (Å²) in [6.45, 7) is 0. The van der Waals surface area contributed by atoms with Crippen LogP contribution in [0.5, 0.6) is 5.75 Å². The molecule has 4 N–H and O–H groups in total. The van der Waals surface area contributed by atoms with Crippen molar-refractivity contribution in [3.05, 3.63) is 29.8 Å². The van der Waals surface area contributed by atoms with Crippen LogP contribution in [-0.4, -0.2) is 27.2 Å². The first-order valence-corrected chi connectivity index (χ1v) is 6.01. The highest BCUT2D eigenvalue weighted by atomic mass is 31.2. The maximum atomic E-state index is 10.6. The molecule has 0 aliphatic carbocycles. The van der Waals surface area contributed by atoms with Crippen LogP contribution in [0.3, 0.4) is 0 Å². The Balaban J connectivity index is 2.67. The fourth-order valence-corrected chi connectivity index (χ4v) is 1.73. The Morgan fingerprint density at radius 2 is 1.88 bits per heavy atom. The molecule has 1 aromatic carbocycles. The lowest BCUT2D eigenvalue weighted by atomic mass is 10.1. The standard InChI is InChI=1S/C9H11NO5P/c11-6-8(10-16(13,14)15)5-7-1-3-9(12)4-2-7/h1-4,8,12H,5H2,(H3,10,13,14,15)/t8-/m0/s1. The molecule has 0 amide bonds. The average Bonchev–Trinajstić information content (AvgIpc) is 2.18. The summed E-state index contributed by atoms with van der Waals surface area (Å²) < 4.78 is 10.6. The smallest absolute Gasteiger partial charge is 0.400 e. The summed E-state index contributed by atoms with van der Waals surface area (Å²) in [6, 6.07) is 4.89. The molecule has 1 atom stereocenters. The number of rotatable bonds is 5. The molecule has 16 heavy (non-hydrogen) atoms. The van der Waals surface area contributed by atoms with Crippen molar-refractivity contribution < 1.29 is 24.3 Å². The summed E-state index contributed by atoms with van der Waals surface area (Å²) in [7, 11) is -4.45. The predicted molar refractivity (Wildman–Crippen MR) is 56.5 cm³/mol. The van der Waals surface area contributed by atoms with Crippen LogP contribution in [0.25, 0.3) is 0 Å². The van der Waals surface area contributed by atoms with Gasteiger partial charge in [-0.25, -0.2) is 9.65 Å². The number of hydrogen-bond acceptors (Lipinski definition) is 3. The summed E-state index contributed by atoms with van der Waals surface area (Å²) in [5.74, 6) is 0.0818. The van der Waals surface area contributed by atoms with Crippen molar-refractivity contribution in [2.75, 3.05) is 0 Å². The minimum atomic E-state index is -4.45. The molecule has 1 radical (unpaired) electrons. The van der Waals surface area contributed by atoms with Crippen LogP contribution in [0.1, 0.15) is 5.56 Å². The van der Waals surface area contributed by atoms with Crippen LogP contribution >= 0.6 is 7.75 Å². The highest BCUT2D eigenvalue weighted by Gasteiger charge is 2.20. The molecule has 0 saturated heterocycles. The summed E-state index contributed by atoms with van der Waals surface area (Å²) in [4.78, 5) is 27.7. The summed E-state index contributed by atoms with van der Waals surface area (Å²) in [5, 5.41) is 10.9. The number of phenols is 1. The van der Waals surface area contributed by atoms with Gasteiger partial charge in [0.15, 0.2) is 0 Å². The van der Waals surface area contributed by atoms with E-state index < -0.39 is 13.8 Å². The van der Waals surface area contributed by atoms with Crippen molar-refractivity contribution in [1.29, 1.82) is 0 Å². The molecule has 0 bridgehead atoms. The van der Waals surface area contributed by atoms with Gasteiger partial charge in [0.2, 0.25) is 6.29 Å². The van der Waals surface area contributed by atoms with E-state index in [1.807, 2.05) is 5.09 Å². The zero-order valence-electron chi connectivity index (χ0n) is 8.20. The molecule has 1 aromatic rings. The van der Waals surface area contributed by atoms with Gasteiger partial charge in [-0.3, -0.25) is 4.79 Å². The SMILES string of the molecule is O=[C][C@H](Cc1ccc(O)cc1)NP(=O)(O)O. The predicted octanol–water partition coefficient (Wildman–Crippen LogP) is 0.0953. The zero-order chi connectivity index (χ0) is 12.2. The Morgan fingerprint density at radius 1 is 1.31 bits per heavy atom. The second-order valence-electron chi connectivity index (χ2n) is 3.21. The molecular weight excluding hydrogens is 233 g/mol. The van der Waals surface area contributed by atoms with Crippen molar-refractivity contribution in [3.8, 4) is 5.75 Å². The third-order valence-corrected chi connectivity index (χ3v) is 2.49. The maximum absolute atomic E-state index is 10.6. The Bertz CT molecular complexity index is 399. The number of aromatic hydroxyl groups is 1. The monoisotopic (exact) mass is 244 g/mol. The fraction of sp³-hybridized carbons (Fsp3) is 0.222. The van der Waals surface area contributed by atoms with Gasteiger partial charge in [0.25, 0.3) is 0 Å². The molecule has 0 fully saturated rings. The molecule has 0 unspecified atom stereocenters. The minimum absolute atomic E-state index is 0.0818. The second-order valence-corrected chi connectivity index (χ2v) is 4.56. The lowest BCUT2D eigenvalue weighted by molar-refractivity contribution is 0.352. The third kappa shape index (κ3) is 4.55. The van der Waals surface area contributed by atoms with Gasteiger partial charge in [0.05, 0.1) is 6.04 Å². The molecule has 87 valence electrons. The highest BCUT2D eigenvalue weighted by molar-refractivity contribution is 7.49. The fourth-order valence-electron chi connectivity index (χ4n) is 1.18. The van der Waals surface area contributed by atoms with E-state index in [1.165, 1.54) is 18.4 Å². The third-order valence-electron chi connectivity index (χ3n) is 1.84. The van der Waals surface area contributed by atoms with Crippen LogP contribution in [0.4, 0.5) is 0 Å². The first-order chi connectivity index (χ1) is 7.40. The Labute approximate surface area is 92.1 Å². The van der Waals surface area contributed by atoms with Gasteiger partial charge in [0, 0.05) is 0 Å². The molecule has 0 aliphatic heterocycles. The first-order valence-electron chi connectivity index (χ1n) is 4.39. The first kappa shape index (κ1) is 12.9. The molecule has 0 spiro atoms. The van der Waals surface area contributed by atoms with E-state index in [4.69, 9.17) is 14.9 Å². The lowest BCUT2D eigenvalue weighted by Gasteiger charge is -2.12. The number of carbonyl (C=O) groups excluding carboxylic acids is 1. The number of benzene rings is 1. The van der Waals surface area contributed by atoms with Gasteiger partial charge in [-0.05, 0) is 24.1 Å². The van der Waals surface area contributed by atoms with Gasteiger partial charge in [-0.15, -0.1) is 0 Å². The van der Waals surface area contributed by atoms with Crippen molar-refractivity contribution in [1.82, 2.24) is 5.09 Å². The van der Waals surface area contributed by atoms with E-state index in [9.17, 15) is 9.36 Å². The van der Waals surface area contributed by atoms with Gasteiger partial charge in [0.1, 0.15) is 5.75 Å². The number of phenolic OH excluding ortho intramolecular Hbond substituents is 1. The quantitative estimate of drug-likeness (QED) is 0.547. The number of nitrogens with one attached hydrogen (secondary N) is 1. The molecule has 0 aromatic heterocycles. The topological polar surface area (TPSA) is 107 Å². The van der Waals surface area contributed by atoms with E-state index in [0.717, 1.165) is 0 Å². The van der Waals surface area contributed by atoms with Crippen LogP contribution in [0.2, 0.25) is 0 Å². The molecular formula is C9H11NO5P. The Kier molecular flexibility index (Phi) is 4.20. The van der Waals surface area contributed by atoms with Gasteiger partial charge < -0.3 is 14.9 Å². The van der Waals surface area contributed by atoms with Crippen molar-refractivity contribution in [2.24, 2.45) is 0 Å². The molecule has 0 aliphatic rings. The van der Waals surface area contributed by atoms with Crippen LogP contribution in [0, 0.1) is 0 Å². The minimum Gasteiger partial charge on any atom is -0.508 e. The van der Waals surface area contributed by atoms with Crippen molar-refractivity contribution in [3.63, 3.8) is 0 Å². The molecule has 1 rings (SSSR count). The normalized spacial score (nSPS) is 13.4. The largest absolute Gasteiger partial charge is 0.508 e. The molecule has 0 heterocycles. The average molecular weight is 244 g/mol. The van der Waals surface area contributed by atoms with E-state index >= 15 is 0 Å². The van der Waals surface area contributed by atoms with Crippen LogP contribution < -0.4 is 5.09 Å². The second kappa shape index (κ2) is 5.23. The van der Waals surface area contributed by atoms with E-state index in [-0.39, 0.29) is 12.2 Å². The van der Waals surface area contributed by atoms with Crippen LogP contribution in [-0.2, 0) is 15.8 Å². The van der Waals surface area contributed by atoms with E-state index in [0.29, 0.717) is 5.56 Å². The van der Waals surface area contributed by atoms with E-state index in [2.05, 4.69) is 0 Å². The lowest BCUT2D eigenvalue weighted by Crippen LogP contribution is -2.29. The number of hydrogen-bond donors (Lipinski definition) is 4. The Hall–Kier alpha value is -1.20. The van der Waals surface area contributed by atoms with Gasteiger partial charge in [-0.1, -0.05) is 12.1 Å². The maximum Gasteiger partial charge on any atom is 0.400 e.